The molecule has 2 aromatic rings. The van der Waals surface area contributed by atoms with Crippen LogP contribution in [0.1, 0.15) is 34.1 Å². The van der Waals surface area contributed by atoms with Crippen LogP contribution < -0.4 is 0 Å². The number of nitrogens with zero attached hydrogens (tertiary/aromatic N) is 1. The lowest BCUT2D eigenvalue weighted by Crippen LogP contribution is -2.08. The Bertz CT molecular complexity index is 636. The zero-order chi connectivity index (χ0) is 14.7. The van der Waals surface area contributed by atoms with Gasteiger partial charge in [-0.3, -0.25) is 9.78 Å². The van der Waals surface area contributed by atoms with Gasteiger partial charge < -0.3 is 0 Å². The second-order valence-corrected chi connectivity index (χ2v) is 4.69. The van der Waals surface area contributed by atoms with Crippen molar-refractivity contribution in [1.82, 2.24) is 4.98 Å². The van der Waals surface area contributed by atoms with E-state index < -0.39 is 17.4 Å². The van der Waals surface area contributed by atoms with E-state index >= 15 is 0 Å². The Morgan fingerprint density at radius 1 is 1.20 bits per heavy atom. The number of hydrogen-bond acceptors (Lipinski definition) is 2. The molecular weight excluding hydrogens is 260 g/mol. The number of Topliss-reactive ketones (excluding diaryl/α,β-unsaturated/α-hetero) is 1. The van der Waals surface area contributed by atoms with E-state index in [0.29, 0.717) is 5.69 Å². The number of benzene rings is 1. The second-order valence-electron chi connectivity index (χ2n) is 4.69. The lowest BCUT2D eigenvalue weighted by Gasteiger charge is -2.05. The fourth-order valence-electron chi connectivity index (χ4n) is 1.90. The summed E-state index contributed by atoms with van der Waals surface area (Å²) in [5, 5.41) is 0. The first kappa shape index (κ1) is 14.3. The molecule has 0 aliphatic heterocycles. The highest BCUT2D eigenvalue weighted by Gasteiger charge is 2.15. The molecule has 20 heavy (non-hydrogen) atoms. The molecule has 0 bridgehead atoms. The van der Waals surface area contributed by atoms with Gasteiger partial charge in [-0.2, -0.15) is 0 Å². The number of carbonyl (C=O) groups excluding carboxylic acids is 1. The van der Waals surface area contributed by atoms with E-state index in [1.54, 1.807) is 12.3 Å². The maximum Gasteiger partial charge on any atom is 0.171 e. The third kappa shape index (κ3) is 3.07. The lowest BCUT2D eigenvalue weighted by molar-refractivity contribution is 0.0988. The van der Waals surface area contributed by atoms with Crippen molar-refractivity contribution in [3.63, 3.8) is 0 Å². The van der Waals surface area contributed by atoms with Crippen molar-refractivity contribution in [1.29, 1.82) is 0 Å². The Balaban J connectivity index is 2.21. The molecule has 0 atom stereocenters. The molecule has 0 spiro atoms. The highest BCUT2D eigenvalue weighted by atomic mass is 19.1. The van der Waals surface area contributed by atoms with Crippen LogP contribution in [0.4, 0.5) is 8.78 Å². The third-order valence-electron chi connectivity index (χ3n) is 3.18. The van der Waals surface area contributed by atoms with Crippen LogP contribution in [0.3, 0.4) is 0 Å². The Labute approximate surface area is 116 Å². The van der Waals surface area contributed by atoms with Crippen LogP contribution in [0.5, 0.6) is 0 Å². The summed E-state index contributed by atoms with van der Waals surface area (Å²) in [4.78, 5) is 16.2. The molecule has 0 saturated carbocycles. The first-order valence-electron chi connectivity index (χ1n) is 6.44. The van der Waals surface area contributed by atoms with E-state index in [0.717, 1.165) is 18.1 Å². The highest BCUT2D eigenvalue weighted by Crippen LogP contribution is 2.16. The van der Waals surface area contributed by atoms with Crippen molar-refractivity contribution >= 4 is 5.78 Å². The number of carbonyl (C=O) groups is 1. The predicted molar refractivity (Wildman–Crippen MR) is 72.7 cm³/mol. The van der Waals surface area contributed by atoms with E-state index in [4.69, 9.17) is 0 Å². The van der Waals surface area contributed by atoms with Crippen molar-refractivity contribution in [2.45, 2.75) is 26.7 Å². The molecule has 0 saturated heterocycles. The molecule has 0 aliphatic carbocycles. The molecule has 0 aliphatic rings. The Hall–Kier alpha value is -2.10. The predicted octanol–water partition coefficient (Wildman–Crippen LogP) is 3.66. The van der Waals surface area contributed by atoms with E-state index in [-0.39, 0.29) is 17.5 Å². The van der Waals surface area contributed by atoms with Gasteiger partial charge in [0.1, 0.15) is 11.6 Å². The molecule has 2 rings (SSSR count). The van der Waals surface area contributed by atoms with Gasteiger partial charge in [0.2, 0.25) is 0 Å². The topological polar surface area (TPSA) is 30.0 Å². The van der Waals surface area contributed by atoms with Crippen molar-refractivity contribution in [3.8, 4) is 0 Å². The first-order valence-corrected chi connectivity index (χ1v) is 6.44. The Kier molecular flexibility index (Phi) is 4.23. The Morgan fingerprint density at radius 3 is 2.55 bits per heavy atom. The van der Waals surface area contributed by atoms with Gasteiger partial charge in [-0.1, -0.05) is 13.0 Å². The smallest absolute Gasteiger partial charge is 0.171 e. The van der Waals surface area contributed by atoms with Crippen LogP contribution >= 0.6 is 0 Å². The molecule has 1 heterocycles. The van der Waals surface area contributed by atoms with Crippen molar-refractivity contribution in [2.75, 3.05) is 0 Å². The fourth-order valence-corrected chi connectivity index (χ4v) is 1.90. The number of rotatable bonds is 4. The minimum absolute atomic E-state index is 0.00594. The SMILES string of the molecule is CCc1ccc(CC(=O)c2cc(C)c(F)cc2F)nc1. The molecule has 0 radical (unpaired) electrons. The molecule has 0 N–H and O–H groups in total. The van der Waals surface area contributed by atoms with Gasteiger partial charge in [0.15, 0.2) is 5.78 Å². The van der Waals surface area contributed by atoms with Crippen molar-refractivity contribution in [3.05, 3.63) is 64.5 Å². The average molecular weight is 275 g/mol. The Morgan fingerprint density at radius 2 is 1.95 bits per heavy atom. The fraction of sp³-hybridized carbons (Fsp3) is 0.250. The molecule has 1 aromatic carbocycles. The molecule has 0 amide bonds. The number of ketones is 1. The number of aromatic nitrogens is 1. The molecule has 2 nitrogen and oxygen atoms in total. The molecule has 104 valence electrons. The van der Waals surface area contributed by atoms with Gasteiger partial charge >= 0.3 is 0 Å². The minimum atomic E-state index is -0.830. The summed E-state index contributed by atoms with van der Waals surface area (Å²) >= 11 is 0. The van der Waals surface area contributed by atoms with E-state index in [2.05, 4.69) is 4.98 Å². The standard InChI is InChI=1S/C16H15F2NO/c1-3-11-4-5-12(19-9-11)7-16(20)13-6-10(2)14(17)8-15(13)18/h4-6,8-9H,3,7H2,1-2H3. The monoisotopic (exact) mass is 275 g/mol. The van der Waals surface area contributed by atoms with Gasteiger partial charge in [-0.05, 0) is 36.6 Å². The maximum atomic E-state index is 13.6. The number of aryl methyl sites for hydroxylation is 2. The van der Waals surface area contributed by atoms with Gasteiger partial charge in [0, 0.05) is 18.0 Å². The normalized spacial score (nSPS) is 10.6. The maximum absolute atomic E-state index is 13.6. The summed E-state index contributed by atoms with van der Waals surface area (Å²) in [6.07, 6.45) is 2.58. The zero-order valence-electron chi connectivity index (χ0n) is 11.4. The summed E-state index contributed by atoms with van der Waals surface area (Å²) in [6, 6.07) is 5.64. The van der Waals surface area contributed by atoms with Gasteiger partial charge in [0.05, 0.1) is 12.0 Å². The summed E-state index contributed by atoms with van der Waals surface area (Å²) < 4.78 is 26.8. The summed E-state index contributed by atoms with van der Waals surface area (Å²) in [5.74, 6) is -1.88. The van der Waals surface area contributed by atoms with E-state index in [1.807, 2.05) is 13.0 Å². The third-order valence-corrected chi connectivity index (χ3v) is 3.18. The van der Waals surface area contributed by atoms with Gasteiger partial charge in [-0.25, -0.2) is 8.78 Å². The summed E-state index contributed by atoms with van der Waals surface area (Å²) in [5.41, 5.74) is 1.81. The van der Waals surface area contributed by atoms with Crippen LogP contribution in [-0.4, -0.2) is 10.8 Å². The van der Waals surface area contributed by atoms with Gasteiger partial charge in [0.25, 0.3) is 0 Å². The number of halogens is 2. The number of hydrogen-bond donors (Lipinski definition) is 0. The van der Waals surface area contributed by atoms with E-state index in [9.17, 15) is 13.6 Å². The van der Waals surface area contributed by atoms with E-state index in [1.165, 1.54) is 13.0 Å². The van der Waals surface area contributed by atoms with Crippen molar-refractivity contribution in [2.24, 2.45) is 0 Å². The van der Waals surface area contributed by atoms with Crippen LogP contribution in [0.25, 0.3) is 0 Å². The average Bonchev–Trinajstić information content (AvgIpc) is 2.43. The van der Waals surface area contributed by atoms with Crippen LogP contribution in [0.15, 0.2) is 30.5 Å². The molecule has 0 unspecified atom stereocenters. The quantitative estimate of drug-likeness (QED) is 0.797. The molecule has 0 fully saturated rings. The minimum Gasteiger partial charge on any atom is -0.294 e. The van der Waals surface area contributed by atoms with Gasteiger partial charge in [-0.15, -0.1) is 0 Å². The second kappa shape index (κ2) is 5.90. The highest BCUT2D eigenvalue weighted by molar-refractivity contribution is 5.97. The first-order chi connectivity index (χ1) is 9.51. The van der Waals surface area contributed by atoms with Crippen LogP contribution in [0.2, 0.25) is 0 Å². The summed E-state index contributed by atoms with van der Waals surface area (Å²) in [6.45, 7) is 3.51. The molecule has 1 aromatic heterocycles. The van der Waals surface area contributed by atoms with Crippen LogP contribution in [0, 0.1) is 18.6 Å². The zero-order valence-corrected chi connectivity index (χ0v) is 11.4. The summed E-state index contributed by atoms with van der Waals surface area (Å²) in [7, 11) is 0. The molecule has 4 heteroatoms. The molecular formula is C16H15F2NO. The number of pyridine rings is 1. The van der Waals surface area contributed by atoms with Crippen LogP contribution in [-0.2, 0) is 12.8 Å². The lowest BCUT2D eigenvalue weighted by atomic mass is 10.0. The largest absolute Gasteiger partial charge is 0.294 e. The van der Waals surface area contributed by atoms with Crippen molar-refractivity contribution < 1.29 is 13.6 Å².